The van der Waals surface area contributed by atoms with Gasteiger partial charge in [0.1, 0.15) is 23.4 Å². The van der Waals surface area contributed by atoms with Crippen molar-refractivity contribution >= 4 is 17.5 Å². The standard InChI is InChI=1S/C27H22F2N4O2/c28-21-8-6-20(7-9-21)25(26(34)32-23-12-10-22(29)11-13-23)33(17-14-19-4-2-1-3-5-19)27(35)24-18-30-15-16-31-24/h1-13,15-16,18,25H,14,17H2,(H,32,34)/t25-/m1/s1. The highest BCUT2D eigenvalue weighted by molar-refractivity contribution is 6.00. The Kier molecular flexibility index (Phi) is 7.52. The molecule has 0 unspecified atom stereocenters. The van der Waals surface area contributed by atoms with Gasteiger partial charge in [-0.2, -0.15) is 0 Å². The maximum Gasteiger partial charge on any atom is 0.275 e. The van der Waals surface area contributed by atoms with E-state index in [1.807, 2.05) is 30.3 Å². The third-order valence-corrected chi connectivity index (χ3v) is 5.38. The number of benzene rings is 3. The number of halogens is 2. The number of aromatic nitrogens is 2. The van der Waals surface area contributed by atoms with Crippen LogP contribution in [0.1, 0.15) is 27.7 Å². The molecule has 3 aromatic carbocycles. The summed E-state index contributed by atoms with van der Waals surface area (Å²) in [6.07, 6.45) is 4.64. The van der Waals surface area contributed by atoms with Crippen LogP contribution in [0.15, 0.2) is 97.5 Å². The monoisotopic (exact) mass is 472 g/mol. The van der Waals surface area contributed by atoms with Crippen LogP contribution in [0, 0.1) is 11.6 Å². The Labute approximate surface area is 201 Å². The van der Waals surface area contributed by atoms with Gasteiger partial charge in [0.2, 0.25) is 0 Å². The van der Waals surface area contributed by atoms with Gasteiger partial charge in [0, 0.05) is 24.6 Å². The lowest BCUT2D eigenvalue weighted by molar-refractivity contribution is -0.120. The maximum atomic E-state index is 13.7. The van der Waals surface area contributed by atoms with Crippen molar-refractivity contribution in [1.29, 1.82) is 0 Å². The van der Waals surface area contributed by atoms with E-state index in [0.29, 0.717) is 17.7 Å². The molecule has 176 valence electrons. The van der Waals surface area contributed by atoms with E-state index in [9.17, 15) is 18.4 Å². The fraction of sp³-hybridized carbons (Fsp3) is 0.111. The molecule has 0 fully saturated rings. The van der Waals surface area contributed by atoms with Crippen molar-refractivity contribution in [2.75, 3.05) is 11.9 Å². The summed E-state index contributed by atoms with van der Waals surface area (Å²) in [5.41, 5.74) is 1.82. The lowest BCUT2D eigenvalue weighted by Crippen LogP contribution is -2.42. The quantitative estimate of drug-likeness (QED) is 0.399. The summed E-state index contributed by atoms with van der Waals surface area (Å²) in [4.78, 5) is 36.6. The third-order valence-electron chi connectivity index (χ3n) is 5.38. The summed E-state index contributed by atoms with van der Waals surface area (Å²) in [6, 6.07) is 19.1. The Hall–Kier alpha value is -4.46. The van der Waals surface area contributed by atoms with E-state index < -0.39 is 29.5 Å². The zero-order chi connectivity index (χ0) is 24.6. The molecule has 0 radical (unpaired) electrons. The van der Waals surface area contributed by atoms with Crippen molar-refractivity contribution in [3.8, 4) is 0 Å². The maximum absolute atomic E-state index is 13.7. The molecule has 1 aromatic heterocycles. The highest BCUT2D eigenvalue weighted by Crippen LogP contribution is 2.26. The van der Waals surface area contributed by atoms with Gasteiger partial charge >= 0.3 is 0 Å². The van der Waals surface area contributed by atoms with Crippen molar-refractivity contribution in [1.82, 2.24) is 14.9 Å². The van der Waals surface area contributed by atoms with Gasteiger partial charge in [-0.3, -0.25) is 14.6 Å². The molecule has 0 saturated carbocycles. The molecular formula is C27H22F2N4O2. The number of hydrogen-bond donors (Lipinski definition) is 1. The van der Waals surface area contributed by atoms with Gasteiger partial charge in [-0.25, -0.2) is 13.8 Å². The number of rotatable bonds is 8. The van der Waals surface area contributed by atoms with E-state index in [4.69, 9.17) is 0 Å². The summed E-state index contributed by atoms with van der Waals surface area (Å²) in [5, 5.41) is 2.74. The molecule has 0 spiro atoms. The van der Waals surface area contributed by atoms with Crippen LogP contribution in [0.2, 0.25) is 0 Å². The molecule has 0 aliphatic rings. The Morgan fingerprint density at radius 2 is 1.51 bits per heavy atom. The average molecular weight is 472 g/mol. The first kappa shape index (κ1) is 23.7. The van der Waals surface area contributed by atoms with E-state index in [0.717, 1.165) is 5.56 Å². The van der Waals surface area contributed by atoms with Crippen molar-refractivity contribution < 1.29 is 18.4 Å². The summed E-state index contributed by atoms with van der Waals surface area (Å²) in [7, 11) is 0. The highest BCUT2D eigenvalue weighted by Gasteiger charge is 2.32. The molecule has 1 atom stereocenters. The molecule has 0 saturated heterocycles. The van der Waals surface area contributed by atoms with Gasteiger partial charge in [-0.05, 0) is 53.9 Å². The molecule has 1 N–H and O–H groups in total. The Morgan fingerprint density at radius 1 is 0.857 bits per heavy atom. The SMILES string of the molecule is O=C(Nc1ccc(F)cc1)[C@@H](c1ccc(F)cc1)N(CCc1ccccc1)C(=O)c1cnccn1. The van der Waals surface area contributed by atoms with Crippen LogP contribution in [-0.4, -0.2) is 33.2 Å². The zero-order valence-electron chi connectivity index (χ0n) is 18.6. The first-order chi connectivity index (χ1) is 17.0. The number of amides is 2. The molecule has 0 aliphatic carbocycles. The van der Waals surface area contributed by atoms with Crippen LogP contribution in [0.5, 0.6) is 0 Å². The highest BCUT2D eigenvalue weighted by atomic mass is 19.1. The van der Waals surface area contributed by atoms with Gasteiger partial charge in [0.25, 0.3) is 11.8 Å². The van der Waals surface area contributed by atoms with Crippen LogP contribution in [0.4, 0.5) is 14.5 Å². The largest absolute Gasteiger partial charge is 0.324 e. The minimum Gasteiger partial charge on any atom is -0.324 e. The number of hydrogen-bond acceptors (Lipinski definition) is 4. The zero-order valence-corrected chi connectivity index (χ0v) is 18.6. The first-order valence-corrected chi connectivity index (χ1v) is 10.9. The molecular weight excluding hydrogens is 450 g/mol. The van der Waals surface area contributed by atoms with Crippen molar-refractivity contribution in [3.05, 3.63) is 126 Å². The fourth-order valence-corrected chi connectivity index (χ4v) is 3.66. The lowest BCUT2D eigenvalue weighted by Gasteiger charge is -2.31. The van der Waals surface area contributed by atoms with Gasteiger partial charge in [-0.1, -0.05) is 42.5 Å². The van der Waals surface area contributed by atoms with Crippen molar-refractivity contribution in [2.24, 2.45) is 0 Å². The van der Waals surface area contributed by atoms with Crippen molar-refractivity contribution in [3.63, 3.8) is 0 Å². The van der Waals surface area contributed by atoms with Crippen LogP contribution in [-0.2, 0) is 11.2 Å². The van der Waals surface area contributed by atoms with Gasteiger partial charge in [0.05, 0.1) is 6.20 Å². The van der Waals surface area contributed by atoms with Crippen LogP contribution in [0.25, 0.3) is 0 Å². The number of nitrogens with zero attached hydrogens (tertiary/aromatic N) is 3. The lowest BCUT2D eigenvalue weighted by atomic mass is 10.0. The molecule has 8 heteroatoms. The van der Waals surface area contributed by atoms with E-state index >= 15 is 0 Å². The number of anilines is 1. The summed E-state index contributed by atoms with van der Waals surface area (Å²) >= 11 is 0. The van der Waals surface area contributed by atoms with Gasteiger partial charge < -0.3 is 10.2 Å². The smallest absolute Gasteiger partial charge is 0.275 e. The van der Waals surface area contributed by atoms with E-state index in [2.05, 4.69) is 15.3 Å². The number of carbonyl (C=O) groups is 2. The normalized spacial score (nSPS) is 11.5. The molecule has 0 aliphatic heterocycles. The summed E-state index contributed by atoms with van der Waals surface area (Å²) in [6.45, 7) is 0.179. The Morgan fingerprint density at radius 3 is 2.14 bits per heavy atom. The molecule has 4 rings (SSSR count). The first-order valence-electron chi connectivity index (χ1n) is 10.9. The average Bonchev–Trinajstić information content (AvgIpc) is 2.89. The molecule has 0 bridgehead atoms. The molecule has 35 heavy (non-hydrogen) atoms. The summed E-state index contributed by atoms with van der Waals surface area (Å²) < 4.78 is 27.0. The minimum atomic E-state index is -1.11. The van der Waals surface area contributed by atoms with E-state index in [-0.39, 0.29) is 12.2 Å². The predicted molar refractivity (Wildman–Crippen MR) is 127 cm³/mol. The van der Waals surface area contributed by atoms with Crippen LogP contribution in [0.3, 0.4) is 0 Å². The number of nitrogens with one attached hydrogen (secondary N) is 1. The Balaban J connectivity index is 1.72. The topological polar surface area (TPSA) is 75.2 Å². The molecule has 6 nitrogen and oxygen atoms in total. The number of carbonyl (C=O) groups excluding carboxylic acids is 2. The fourth-order valence-electron chi connectivity index (χ4n) is 3.66. The van der Waals surface area contributed by atoms with Crippen LogP contribution >= 0.6 is 0 Å². The van der Waals surface area contributed by atoms with Crippen LogP contribution < -0.4 is 5.32 Å². The van der Waals surface area contributed by atoms with Gasteiger partial charge in [0.15, 0.2) is 0 Å². The van der Waals surface area contributed by atoms with E-state index in [1.165, 1.54) is 72.0 Å². The van der Waals surface area contributed by atoms with Gasteiger partial charge in [-0.15, -0.1) is 0 Å². The second-order valence-corrected chi connectivity index (χ2v) is 7.78. The van der Waals surface area contributed by atoms with E-state index in [1.54, 1.807) is 0 Å². The molecule has 4 aromatic rings. The summed E-state index contributed by atoms with van der Waals surface area (Å²) in [5.74, 6) is -1.95. The Bertz CT molecular complexity index is 1270. The second-order valence-electron chi connectivity index (χ2n) is 7.78. The predicted octanol–water partition coefficient (Wildman–Crippen LogP) is 4.82. The second kappa shape index (κ2) is 11.1. The van der Waals surface area contributed by atoms with Crippen molar-refractivity contribution in [2.45, 2.75) is 12.5 Å². The molecule has 2 amide bonds. The minimum absolute atomic E-state index is 0.0715. The third kappa shape index (κ3) is 6.11. The molecule has 1 heterocycles.